The third-order valence-electron chi connectivity index (χ3n) is 4.28. The molecule has 2 aliphatic rings. The molecule has 2 fully saturated rings. The van der Waals surface area contributed by atoms with Crippen LogP contribution >= 0.6 is 0 Å². The van der Waals surface area contributed by atoms with Crippen molar-refractivity contribution in [2.24, 2.45) is 11.8 Å². The lowest BCUT2D eigenvalue weighted by Gasteiger charge is -2.37. The van der Waals surface area contributed by atoms with Crippen molar-refractivity contribution in [3.8, 4) is 0 Å². The molecule has 1 saturated heterocycles. The van der Waals surface area contributed by atoms with Crippen LogP contribution in [0.1, 0.15) is 59.3 Å². The maximum Gasteiger partial charge on any atom is 0.410 e. The third kappa shape index (κ3) is 3.97. The van der Waals surface area contributed by atoms with Crippen LogP contribution in [0.2, 0.25) is 0 Å². The van der Waals surface area contributed by atoms with Crippen molar-refractivity contribution in [1.29, 1.82) is 0 Å². The Labute approximate surface area is 121 Å². The SMILES string of the molecule is CC(C)(C)OC(=O)N1CCCC(=O)[C@H]2CCCC[C@H]2C1. The molecular formula is C16H27NO3. The van der Waals surface area contributed by atoms with Gasteiger partial charge in [0, 0.05) is 25.4 Å². The summed E-state index contributed by atoms with van der Waals surface area (Å²) in [4.78, 5) is 26.2. The summed E-state index contributed by atoms with van der Waals surface area (Å²) < 4.78 is 5.48. The fourth-order valence-corrected chi connectivity index (χ4v) is 3.35. The number of carbonyl (C=O) groups is 2. The number of Topliss-reactive ketones (excluding diaryl/α,β-unsaturated/α-hetero) is 1. The van der Waals surface area contributed by atoms with Crippen LogP contribution in [0, 0.1) is 11.8 Å². The Kier molecular flexibility index (Phi) is 4.71. The van der Waals surface area contributed by atoms with Gasteiger partial charge in [-0.15, -0.1) is 0 Å². The van der Waals surface area contributed by atoms with Crippen LogP contribution in [0.25, 0.3) is 0 Å². The van der Waals surface area contributed by atoms with Gasteiger partial charge in [-0.3, -0.25) is 4.79 Å². The molecule has 0 radical (unpaired) electrons. The highest BCUT2D eigenvalue weighted by Gasteiger charge is 2.35. The van der Waals surface area contributed by atoms with Gasteiger partial charge in [0.15, 0.2) is 0 Å². The molecule has 0 aromatic rings. The quantitative estimate of drug-likeness (QED) is 0.683. The number of likely N-dealkylation sites (tertiary alicyclic amines) is 1. The van der Waals surface area contributed by atoms with Gasteiger partial charge < -0.3 is 9.64 Å². The zero-order chi connectivity index (χ0) is 14.8. The number of hydrogen-bond donors (Lipinski definition) is 0. The number of ketones is 1. The molecule has 0 N–H and O–H groups in total. The molecule has 0 aromatic carbocycles. The van der Waals surface area contributed by atoms with E-state index >= 15 is 0 Å². The highest BCUT2D eigenvalue weighted by Crippen LogP contribution is 2.34. The number of hydrogen-bond acceptors (Lipinski definition) is 3. The molecule has 0 aromatic heterocycles. The summed E-state index contributed by atoms with van der Waals surface area (Å²) in [7, 11) is 0. The van der Waals surface area contributed by atoms with Crippen LogP contribution in [0.4, 0.5) is 4.79 Å². The molecule has 1 aliphatic heterocycles. The minimum absolute atomic E-state index is 0.175. The minimum atomic E-state index is -0.457. The first kappa shape index (κ1) is 15.3. The normalized spacial score (nSPS) is 28.4. The van der Waals surface area contributed by atoms with Gasteiger partial charge >= 0.3 is 6.09 Å². The molecule has 2 atom stereocenters. The average Bonchev–Trinajstić information content (AvgIpc) is 2.33. The van der Waals surface area contributed by atoms with E-state index in [9.17, 15) is 9.59 Å². The highest BCUT2D eigenvalue weighted by molar-refractivity contribution is 5.81. The van der Waals surface area contributed by atoms with E-state index in [0.29, 0.717) is 31.2 Å². The maximum absolute atomic E-state index is 12.3. The van der Waals surface area contributed by atoms with Gasteiger partial charge in [0.05, 0.1) is 0 Å². The number of fused-ring (bicyclic) bond motifs is 1. The molecule has 1 saturated carbocycles. The third-order valence-corrected chi connectivity index (χ3v) is 4.28. The van der Waals surface area contributed by atoms with Crippen molar-refractivity contribution in [3.63, 3.8) is 0 Å². The summed E-state index contributed by atoms with van der Waals surface area (Å²) in [6.07, 6.45) is 5.55. The van der Waals surface area contributed by atoms with Crippen molar-refractivity contribution >= 4 is 11.9 Å². The van der Waals surface area contributed by atoms with Crippen LogP contribution in [-0.2, 0) is 9.53 Å². The second kappa shape index (κ2) is 6.15. The Morgan fingerprint density at radius 3 is 2.60 bits per heavy atom. The monoisotopic (exact) mass is 281 g/mol. The number of carbonyl (C=O) groups excluding carboxylic acids is 2. The van der Waals surface area contributed by atoms with E-state index in [1.807, 2.05) is 25.7 Å². The molecule has 0 spiro atoms. The first-order valence-corrected chi connectivity index (χ1v) is 7.87. The lowest BCUT2D eigenvalue weighted by Crippen LogP contribution is -2.45. The molecule has 4 heteroatoms. The van der Waals surface area contributed by atoms with E-state index in [1.165, 1.54) is 6.42 Å². The zero-order valence-corrected chi connectivity index (χ0v) is 13.0. The van der Waals surface area contributed by atoms with Gasteiger partial charge in [-0.2, -0.15) is 0 Å². The fourth-order valence-electron chi connectivity index (χ4n) is 3.35. The predicted molar refractivity (Wildman–Crippen MR) is 77.5 cm³/mol. The summed E-state index contributed by atoms with van der Waals surface area (Å²) in [6.45, 7) is 7.00. The summed E-state index contributed by atoms with van der Waals surface area (Å²) in [6, 6.07) is 0. The Balaban J connectivity index is 2.04. The minimum Gasteiger partial charge on any atom is -0.444 e. The second-order valence-electron chi connectivity index (χ2n) is 7.15. The van der Waals surface area contributed by atoms with E-state index < -0.39 is 5.60 Å². The highest BCUT2D eigenvalue weighted by atomic mass is 16.6. The van der Waals surface area contributed by atoms with Crippen LogP contribution in [0.3, 0.4) is 0 Å². The lowest BCUT2D eigenvalue weighted by molar-refractivity contribution is -0.127. The van der Waals surface area contributed by atoms with Gasteiger partial charge in [-0.25, -0.2) is 4.79 Å². The van der Waals surface area contributed by atoms with Crippen LogP contribution < -0.4 is 0 Å². The van der Waals surface area contributed by atoms with E-state index in [0.717, 1.165) is 25.7 Å². The Morgan fingerprint density at radius 1 is 1.20 bits per heavy atom. The van der Waals surface area contributed by atoms with Crippen LogP contribution in [-0.4, -0.2) is 35.5 Å². The Morgan fingerprint density at radius 2 is 1.90 bits per heavy atom. The number of amides is 1. The first-order valence-electron chi connectivity index (χ1n) is 7.87. The predicted octanol–water partition coefficient (Wildman–Crippen LogP) is 3.39. The number of rotatable bonds is 0. The van der Waals surface area contributed by atoms with Crippen LogP contribution in [0.15, 0.2) is 0 Å². The van der Waals surface area contributed by atoms with E-state index in [2.05, 4.69) is 0 Å². The van der Waals surface area contributed by atoms with Crippen molar-refractivity contribution < 1.29 is 14.3 Å². The van der Waals surface area contributed by atoms with Crippen molar-refractivity contribution in [1.82, 2.24) is 4.90 Å². The summed E-state index contributed by atoms with van der Waals surface area (Å²) in [5, 5.41) is 0. The van der Waals surface area contributed by atoms with E-state index in [-0.39, 0.29) is 12.0 Å². The standard InChI is InChI=1S/C16H27NO3/c1-16(2,3)20-15(19)17-10-6-9-14(18)13-8-5-4-7-12(13)11-17/h12-13H,4-11H2,1-3H3/t12-,13-/m0/s1. The van der Waals surface area contributed by atoms with Crippen molar-refractivity contribution in [2.75, 3.05) is 13.1 Å². The van der Waals surface area contributed by atoms with Gasteiger partial charge in [-0.1, -0.05) is 12.8 Å². The molecule has 1 aliphatic carbocycles. The summed E-state index contributed by atoms with van der Waals surface area (Å²) in [5.74, 6) is 0.927. The molecule has 114 valence electrons. The van der Waals surface area contributed by atoms with Crippen molar-refractivity contribution in [2.45, 2.75) is 64.9 Å². The van der Waals surface area contributed by atoms with Gasteiger partial charge in [0.1, 0.15) is 11.4 Å². The average molecular weight is 281 g/mol. The Hall–Kier alpha value is -1.06. The molecule has 0 unspecified atom stereocenters. The first-order chi connectivity index (χ1) is 9.37. The molecule has 1 heterocycles. The van der Waals surface area contributed by atoms with Gasteiger partial charge in [-0.05, 0) is 46.0 Å². The molecule has 20 heavy (non-hydrogen) atoms. The molecule has 0 bridgehead atoms. The molecular weight excluding hydrogens is 254 g/mol. The zero-order valence-electron chi connectivity index (χ0n) is 13.0. The van der Waals surface area contributed by atoms with Gasteiger partial charge in [0.2, 0.25) is 0 Å². The van der Waals surface area contributed by atoms with Gasteiger partial charge in [0.25, 0.3) is 0 Å². The fraction of sp³-hybridized carbons (Fsp3) is 0.875. The number of ether oxygens (including phenoxy) is 1. The maximum atomic E-state index is 12.3. The smallest absolute Gasteiger partial charge is 0.410 e. The summed E-state index contributed by atoms with van der Waals surface area (Å²) >= 11 is 0. The van der Waals surface area contributed by atoms with Crippen LogP contribution in [0.5, 0.6) is 0 Å². The molecule has 4 nitrogen and oxygen atoms in total. The number of nitrogens with zero attached hydrogens (tertiary/aromatic N) is 1. The Bertz CT molecular complexity index is 372. The second-order valence-corrected chi connectivity index (χ2v) is 7.15. The largest absolute Gasteiger partial charge is 0.444 e. The summed E-state index contributed by atoms with van der Waals surface area (Å²) in [5.41, 5.74) is -0.457. The topological polar surface area (TPSA) is 46.6 Å². The lowest BCUT2D eigenvalue weighted by atomic mass is 9.75. The van der Waals surface area contributed by atoms with E-state index in [4.69, 9.17) is 4.74 Å². The van der Waals surface area contributed by atoms with E-state index in [1.54, 1.807) is 0 Å². The van der Waals surface area contributed by atoms with Crippen molar-refractivity contribution in [3.05, 3.63) is 0 Å². The molecule has 2 rings (SSSR count). The molecule has 1 amide bonds.